The van der Waals surface area contributed by atoms with E-state index in [0.29, 0.717) is 24.5 Å². The maximum absolute atomic E-state index is 13.2. The van der Waals surface area contributed by atoms with Crippen LogP contribution < -0.4 is 5.32 Å². The van der Waals surface area contributed by atoms with E-state index in [9.17, 15) is 9.59 Å². The van der Waals surface area contributed by atoms with E-state index in [-0.39, 0.29) is 18.2 Å². The average molecular weight is 415 g/mol. The Balaban J connectivity index is 2.23. The van der Waals surface area contributed by atoms with Crippen molar-refractivity contribution in [1.29, 1.82) is 0 Å². The van der Waals surface area contributed by atoms with E-state index in [2.05, 4.69) is 18.3 Å². The van der Waals surface area contributed by atoms with Gasteiger partial charge in [0.1, 0.15) is 6.04 Å². The van der Waals surface area contributed by atoms with Crippen LogP contribution in [0.15, 0.2) is 48.5 Å². The van der Waals surface area contributed by atoms with Crippen molar-refractivity contribution in [3.63, 3.8) is 0 Å². The molecule has 0 saturated heterocycles. The van der Waals surface area contributed by atoms with Crippen LogP contribution in [0.25, 0.3) is 0 Å². The first-order valence-corrected chi connectivity index (χ1v) is 10.7. The Bertz CT molecular complexity index is 805. The summed E-state index contributed by atoms with van der Waals surface area (Å²) in [5.41, 5.74) is 3.04. The number of hydrogen-bond acceptors (Lipinski definition) is 2. The highest BCUT2D eigenvalue weighted by molar-refractivity contribution is 6.30. The van der Waals surface area contributed by atoms with Crippen LogP contribution in [0.3, 0.4) is 0 Å². The van der Waals surface area contributed by atoms with Crippen LogP contribution in [-0.2, 0) is 22.6 Å². The van der Waals surface area contributed by atoms with Gasteiger partial charge in [-0.3, -0.25) is 9.59 Å². The number of carbonyl (C=O) groups excluding carboxylic acids is 2. The predicted octanol–water partition coefficient (Wildman–Crippen LogP) is 4.91. The lowest BCUT2D eigenvalue weighted by Crippen LogP contribution is -2.49. The second kappa shape index (κ2) is 11.6. The third-order valence-electron chi connectivity index (χ3n) is 4.92. The second-order valence-electron chi connectivity index (χ2n) is 7.38. The molecule has 156 valence electrons. The fourth-order valence-corrected chi connectivity index (χ4v) is 3.44. The maximum atomic E-state index is 13.2. The molecule has 1 N–H and O–H groups in total. The van der Waals surface area contributed by atoms with Crippen LogP contribution in [0.2, 0.25) is 5.02 Å². The first-order valence-electron chi connectivity index (χ1n) is 10.3. The fourth-order valence-electron chi connectivity index (χ4n) is 3.31. The van der Waals surface area contributed by atoms with Crippen molar-refractivity contribution in [3.05, 3.63) is 70.2 Å². The Kier molecular flexibility index (Phi) is 9.20. The lowest BCUT2D eigenvalue weighted by Gasteiger charge is -2.31. The fraction of sp³-hybridized carbons (Fsp3) is 0.417. The number of benzene rings is 2. The van der Waals surface area contributed by atoms with Crippen molar-refractivity contribution >= 4 is 23.4 Å². The van der Waals surface area contributed by atoms with E-state index in [1.54, 1.807) is 17.0 Å². The Hall–Kier alpha value is -2.33. The zero-order valence-electron chi connectivity index (χ0n) is 17.6. The molecule has 2 aromatic carbocycles. The highest BCUT2D eigenvalue weighted by Gasteiger charge is 2.28. The zero-order valence-corrected chi connectivity index (χ0v) is 18.3. The quantitative estimate of drug-likeness (QED) is 0.561. The Morgan fingerprint density at radius 1 is 1.07 bits per heavy atom. The monoisotopic (exact) mass is 414 g/mol. The van der Waals surface area contributed by atoms with Crippen molar-refractivity contribution in [1.82, 2.24) is 10.2 Å². The van der Waals surface area contributed by atoms with Gasteiger partial charge >= 0.3 is 0 Å². The third kappa shape index (κ3) is 7.21. The summed E-state index contributed by atoms with van der Waals surface area (Å²) in [4.78, 5) is 27.8. The van der Waals surface area contributed by atoms with Gasteiger partial charge in [0.25, 0.3) is 0 Å². The van der Waals surface area contributed by atoms with Gasteiger partial charge in [0, 0.05) is 18.1 Å². The van der Waals surface area contributed by atoms with E-state index in [0.717, 1.165) is 29.5 Å². The van der Waals surface area contributed by atoms with Gasteiger partial charge in [-0.05, 0) is 43.0 Å². The molecule has 0 aromatic heterocycles. The zero-order chi connectivity index (χ0) is 21.2. The molecule has 2 amide bonds. The molecule has 0 saturated carbocycles. The number of halogens is 1. The van der Waals surface area contributed by atoms with Crippen molar-refractivity contribution < 1.29 is 9.59 Å². The van der Waals surface area contributed by atoms with E-state index in [1.165, 1.54) is 0 Å². The highest BCUT2D eigenvalue weighted by Crippen LogP contribution is 2.17. The summed E-state index contributed by atoms with van der Waals surface area (Å²) in [7, 11) is 0. The third-order valence-corrected chi connectivity index (χ3v) is 5.17. The van der Waals surface area contributed by atoms with Crippen LogP contribution in [-0.4, -0.2) is 29.3 Å². The minimum atomic E-state index is -0.493. The maximum Gasteiger partial charge on any atom is 0.242 e. The first kappa shape index (κ1) is 23.0. The largest absolute Gasteiger partial charge is 0.354 e. The molecule has 0 bridgehead atoms. The number of rotatable bonds is 10. The molecule has 1 atom stereocenters. The Morgan fingerprint density at radius 2 is 1.79 bits per heavy atom. The van der Waals surface area contributed by atoms with Crippen LogP contribution in [0.4, 0.5) is 0 Å². The molecular formula is C24H31ClN2O2. The summed E-state index contributed by atoms with van der Waals surface area (Å²) in [5, 5.41) is 3.63. The van der Waals surface area contributed by atoms with Gasteiger partial charge in [-0.1, -0.05) is 73.8 Å². The SMILES string of the molecule is CCCCNC(=O)C(CC)N(Cc1cccc(C)c1)C(=O)Cc1ccc(Cl)cc1. The lowest BCUT2D eigenvalue weighted by molar-refractivity contribution is -0.140. The van der Waals surface area contributed by atoms with Gasteiger partial charge in [-0.25, -0.2) is 0 Å². The van der Waals surface area contributed by atoms with E-state index >= 15 is 0 Å². The summed E-state index contributed by atoms with van der Waals surface area (Å²) in [6.45, 7) is 7.10. The van der Waals surface area contributed by atoms with Gasteiger partial charge in [0.05, 0.1) is 6.42 Å². The van der Waals surface area contributed by atoms with Crippen LogP contribution in [0.1, 0.15) is 49.8 Å². The Morgan fingerprint density at radius 3 is 2.41 bits per heavy atom. The van der Waals surface area contributed by atoms with Crippen molar-refractivity contribution in [2.75, 3.05) is 6.54 Å². The van der Waals surface area contributed by atoms with E-state index in [4.69, 9.17) is 11.6 Å². The summed E-state index contributed by atoms with van der Waals surface area (Å²) >= 11 is 5.96. The molecule has 0 fully saturated rings. The van der Waals surface area contributed by atoms with Gasteiger partial charge in [0.15, 0.2) is 0 Å². The number of hydrogen-bond donors (Lipinski definition) is 1. The average Bonchev–Trinajstić information content (AvgIpc) is 2.70. The van der Waals surface area contributed by atoms with E-state index in [1.807, 2.05) is 44.2 Å². The Labute approximate surface area is 179 Å². The van der Waals surface area contributed by atoms with Crippen molar-refractivity contribution in [3.8, 4) is 0 Å². The molecule has 0 aliphatic rings. The first-order chi connectivity index (χ1) is 13.9. The molecule has 0 aliphatic heterocycles. The van der Waals surface area contributed by atoms with E-state index < -0.39 is 6.04 Å². The standard InChI is InChI=1S/C24H31ClN2O2/c1-4-6-14-26-24(29)22(5-2)27(17-20-9-7-8-18(3)15-20)23(28)16-19-10-12-21(25)13-11-19/h7-13,15,22H,4-6,14,16-17H2,1-3H3,(H,26,29). The molecule has 29 heavy (non-hydrogen) atoms. The molecule has 1 unspecified atom stereocenters. The minimum absolute atomic E-state index is 0.0636. The molecule has 5 heteroatoms. The number of carbonyl (C=O) groups is 2. The minimum Gasteiger partial charge on any atom is -0.354 e. The summed E-state index contributed by atoms with van der Waals surface area (Å²) in [5.74, 6) is -0.149. The number of aryl methyl sites for hydroxylation is 1. The topological polar surface area (TPSA) is 49.4 Å². The van der Waals surface area contributed by atoms with Crippen LogP contribution in [0, 0.1) is 6.92 Å². The number of nitrogens with zero attached hydrogens (tertiary/aromatic N) is 1. The molecule has 0 heterocycles. The molecule has 2 aromatic rings. The summed E-state index contributed by atoms with van der Waals surface area (Å²) in [6, 6.07) is 14.8. The number of nitrogens with one attached hydrogen (secondary N) is 1. The molecule has 2 rings (SSSR count). The van der Waals surface area contributed by atoms with Crippen molar-refractivity contribution in [2.24, 2.45) is 0 Å². The smallest absolute Gasteiger partial charge is 0.242 e. The van der Waals surface area contributed by atoms with Crippen molar-refractivity contribution in [2.45, 2.75) is 59.0 Å². The van der Waals surface area contributed by atoms with Crippen LogP contribution >= 0.6 is 11.6 Å². The normalized spacial score (nSPS) is 11.7. The number of unbranched alkanes of at least 4 members (excludes halogenated alkanes) is 1. The molecular weight excluding hydrogens is 384 g/mol. The summed E-state index contributed by atoms with van der Waals surface area (Å²) < 4.78 is 0. The second-order valence-corrected chi connectivity index (χ2v) is 7.82. The van der Waals surface area contributed by atoms with Gasteiger partial charge < -0.3 is 10.2 Å². The molecule has 4 nitrogen and oxygen atoms in total. The predicted molar refractivity (Wildman–Crippen MR) is 119 cm³/mol. The van der Waals surface area contributed by atoms with Gasteiger partial charge in [0.2, 0.25) is 11.8 Å². The number of amides is 2. The van der Waals surface area contributed by atoms with Gasteiger partial charge in [-0.15, -0.1) is 0 Å². The summed E-state index contributed by atoms with van der Waals surface area (Å²) in [6.07, 6.45) is 2.75. The molecule has 0 radical (unpaired) electrons. The molecule has 0 spiro atoms. The highest BCUT2D eigenvalue weighted by atomic mass is 35.5. The van der Waals surface area contributed by atoms with Gasteiger partial charge in [-0.2, -0.15) is 0 Å². The van der Waals surface area contributed by atoms with Crippen LogP contribution in [0.5, 0.6) is 0 Å². The molecule has 0 aliphatic carbocycles. The lowest BCUT2D eigenvalue weighted by atomic mass is 10.1.